The fourth-order valence-electron chi connectivity index (χ4n) is 0.975. The van der Waals surface area contributed by atoms with Crippen LogP contribution in [-0.2, 0) is 16.0 Å². The first kappa shape index (κ1) is 22.8. The highest BCUT2D eigenvalue weighted by Gasteiger charge is 1.93. The first-order valence-corrected chi connectivity index (χ1v) is 5.82. The van der Waals surface area contributed by atoms with Crippen molar-refractivity contribution >= 4 is 11.8 Å². The van der Waals surface area contributed by atoms with Crippen LogP contribution in [0.1, 0.15) is 33.8 Å². The van der Waals surface area contributed by atoms with E-state index in [1.54, 1.807) is 6.92 Å². The van der Waals surface area contributed by atoms with Gasteiger partial charge in [-0.25, -0.2) is 0 Å². The summed E-state index contributed by atoms with van der Waals surface area (Å²) in [5, 5.41) is 10.5. The molecule has 0 saturated heterocycles. The van der Waals surface area contributed by atoms with Crippen LogP contribution in [0.25, 0.3) is 10.4 Å². The van der Waals surface area contributed by atoms with Crippen LogP contribution in [0.4, 0.5) is 0 Å². The summed E-state index contributed by atoms with van der Waals surface area (Å²) in [4.78, 5) is 22.3. The van der Waals surface area contributed by atoms with Gasteiger partial charge in [0.2, 0.25) is 0 Å². The molecule has 0 heterocycles. The van der Waals surface area contributed by atoms with E-state index in [-0.39, 0.29) is 13.2 Å². The molecule has 0 aromatic heterocycles. The van der Waals surface area contributed by atoms with E-state index in [2.05, 4.69) is 10.0 Å². The number of carboxylic acid groups (broad SMARTS) is 1. The Kier molecular flexibility index (Phi) is 19.0. The molecule has 1 aromatic rings. The maximum atomic E-state index is 10.6. The number of hydrogen-bond donors (Lipinski definition) is 1. The molecule has 1 aromatic carbocycles. The molecule has 0 saturated carbocycles. The van der Waals surface area contributed by atoms with Crippen LogP contribution in [-0.4, -0.2) is 23.4 Å². The van der Waals surface area contributed by atoms with Crippen molar-refractivity contribution in [1.82, 2.24) is 0 Å². The van der Waals surface area contributed by atoms with Gasteiger partial charge in [0.25, 0.3) is 0 Å². The van der Waals surface area contributed by atoms with Gasteiger partial charge >= 0.3 is 5.97 Å². The molecule has 0 bridgehead atoms. The number of carbonyl (C=O) groups is 2. The molecule has 0 amide bonds. The molecular weight excluding hydrogens is 258 g/mol. The van der Waals surface area contributed by atoms with Crippen LogP contribution in [0.5, 0.6) is 0 Å². The zero-order valence-electron chi connectivity index (χ0n) is 11.4. The molecule has 6 nitrogen and oxygen atoms in total. The van der Waals surface area contributed by atoms with Crippen LogP contribution in [0, 0.1) is 0 Å². The SMILES string of the molecule is C.CC.CC(=O)Cc1ccccc1.[N-]=[N+]=NCC(=O)O. The lowest BCUT2D eigenvalue weighted by atomic mass is 10.1. The number of nitrogens with zero attached hydrogens (tertiary/aromatic N) is 3. The Morgan fingerprint density at radius 2 is 1.75 bits per heavy atom. The summed E-state index contributed by atoms with van der Waals surface area (Å²) in [5.74, 6) is -0.899. The number of azide groups is 1. The lowest BCUT2D eigenvalue weighted by Gasteiger charge is -1.93. The Hall–Kier alpha value is -2.33. The van der Waals surface area contributed by atoms with Gasteiger partial charge in [-0.1, -0.05) is 56.7 Å². The average molecular weight is 281 g/mol. The fourth-order valence-corrected chi connectivity index (χ4v) is 0.975. The molecule has 0 unspecified atom stereocenters. The molecule has 112 valence electrons. The van der Waals surface area contributed by atoms with Crippen molar-refractivity contribution in [3.63, 3.8) is 0 Å². The van der Waals surface area contributed by atoms with Gasteiger partial charge in [-0.05, 0) is 18.0 Å². The van der Waals surface area contributed by atoms with E-state index in [0.717, 1.165) is 5.56 Å². The lowest BCUT2D eigenvalue weighted by molar-refractivity contribution is -0.135. The van der Waals surface area contributed by atoms with E-state index in [0.29, 0.717) is 6.42 Å². The molecule has 6 heteroatoms. The van der Waals surface area contributed by atoms with E-state index in [9.17, 15) is 9.59 Å². The van der Waals surface area contributed by atoms with Gasteiger partial charge in [-0.15, -0.1) is 0 Å². The number of Topliss-reactive ketones (excluding diaryl/α,β-unsaturated/α-hetero) is 1. The minimum absolute atomic E-state index is 0. The largest absolute Gasteiger partial charge is 0.481 e. The second-order valence-corrected chi connectivity index (χ2v) is 3.15. The van der Waals surface area contributed by atoms with Crippen molar-refractivity contribution < 1.29 is 14.7 Å². The van der Waals surface area contributed by atoms with Crippen LogP contribution in [0.15, 0.2) is 35.4 Å². The lowest BCUT2D eigenvalue weighted by Crippen LogP contribution is -1.96. The number of carbonyl (C=O) groups excluding carboxylic acids is 1. The number of benzene rings is 1. The highest BCUT2D eigenvalue weighted by atomic mass is 16.4. The summed E-state index contributed by atoms with van der Waals surface area (Å²) in [7, 11) is 0. The highest BCUT2D eigenvalue weighted by Crippen LogP contribution is 1.98. The molecule has 0 radical (unpaired) electrons. The van der Waals surface area contributed by atoms with Crippen molar-refractivity contribution in [2.75, 3.05) is 6.54 Å². The predicted octanol–water partition coefficient (Wildman–Crippen LogP) is 3.86. The summed E-state index contributed by atoms with van der Waals surface area (Å²) in [6, 6.07) is 9.75. The monoisotopic (exact) mass is 281 g/mol. The van der Waals surface area contributed by atoms with Crippen molar-refractivity contribution in [2.24, 2.45) is 5.11 Å². The topological polar surface area (TPSA) is 103 Å². The Balaban J connectivity index is -0.000000258. The third-order valence-electron chi connectivity index (χ3n) is 1.57. The van der Waals surface area contributed by atoms with Crippen LogP contribution in [0.3, 0.4) is 0 Å². The minimum atomic E-state index is -1.11. The number of rotatable bonds is 4. The van der Waals surface area contributed by atoms with Gasteiger partial charge in [-0.2, -0.15) is 0 Å². The fraction of sp³-hybridized carbons (Fsp3) is 0.429. The van der Waals surface area contributed by atoms with E-state index in [1.807, 2.05) is 44.2 Å². The Labute approximate surface area is 120 Å². The van der Waals surface area contributed by atoms with Gasteiger partial charge in [0.05, 0.1) is 0 Å². The van der Waals surface area contributed by atoms with Gasteiger partial charge in [0, 0.05) is 11.3 Å². The summed E-state index contributed by atoms with van der Waals surface area (Å²) in [5.41, 5.74) is 8.60. The molecule has 0 aliphatic heterocycles. The molecule has 0 fully saturated rings. The standard InChI is InChI=1S/C9H10O.C2H3N3O2.C2H6.CH4/c1-8(10)7-9-5-3-2-4-6-9;3-5-4-1-2(6)7;1-2;/h2-6H,7H2,1H3;1H2,(H,6,7);1-2H3;1H4. The number of aliphatic carboxylic acids is 1. The van der Waals surface area contributed by atoms with E-state index < -0.39 is 12.5 Å². The number of hydrogen-bond acceptors (Lipinski definition) is 3. The van der Waals surface area contributed by atoms with Crippen LogP contribution < -0.4 is 0 Å². The van der Waals surface area contributed by atoms with E-state index in [1.165, 1.54) is 0 Å². The molecule has 0 aliphatic rings. The Morgan fingerprint density at radius 3 is 2.05 bits per heavy atom. The summed E-state index contributed by atoms with van der Waals surface area (Å²) in [6.45, 7) is 5.13. The third-order valence-corrected chi connectivity index (χ3v) is 1.57. The minimum Gasteiger partial charge on any atom is -0.481 e. The molecule has 0 spiro atoms. The second kappa shape index (κ2) is 16.7. The zero-order valence-corrected chi connectivity index (χ0v) is 11.4. The van der Waals surface area contributed by atoms with Gasteiger partial charge in [0.1, 0.15) is 12.3 Å². The first-order chi connectivity index (χ1) is 9.06. The molecule has 1 rings (SSSR count). The zero-order chi connectivity index (χ0) is 15.1. The van der Waals surface area contributed by atoms with Crippen LogP contribution in [0.2, 0.25) is 0 Å². The number of ketones is 1. The van der Waals surface area contributed by atoms with Crippen LogP contribution >= 0.6 is 0 Å². The maximum absolute atomic E-state index is 10.6. The third kappa shape index (κ3) is 18.0. The Morgan fingerprint density at radius 1 is 1.25 bits per heavy atom. The molecular formula is C14H23N3O3. The summed E-state index contributed by atoms with van der Waals surface area (Å²) in [6.07, 6.45) is 0.556. The Bertz CT molecular complexity index is 413. The second-order valence-electron chi connectivity index (χ2n) is 3.15. The predicted molar refractivity (Wildman–Crippen MR) is 80.6 cm³/mol. The van der Waals surface area contributed by atoms with Crippen molar-refractivity contribution in [3.05, 3.63) is 46.3 Å². The summed E-state index contributed by atoms with van der Waals surface area (Å²) >= 11 is 0. The maximum Gasteiger partial charge on any atom is 0.309 e. The summed E-state index contributed by atoms with van der Waals surface area (Å²) < 4.78 is 0. The van der Waals surface area contributed by atoms with Gasteiger partial charge < -0.3 is 5.11 Å². The molecule has 0 atom stereocenters. The average Bonchev–Trinajstić information content (AvgIpc) is 2.40. The number of carboxylic acids is 1. The van der Waals surface area contributed by atoms with Crippen molar-refractivity contribution in [2.45, 2.75) is 34.6 Å². The van der Waals surface area contributed by atoms with Crippen molar-refractivity contribution in [3.8, 4) is 0 Å². The highest BCUT2D eigenvalue weighted by molar-refractivity contribution is 5.78. The van der Waals surface area contributed by atoms with Gasteiger partial charge in [0.15, 0.2) is 0 Å². The quantitative estimate of drug-likeness (QED) is 0.514. The smallest absolute Gasteiger partial charge is 0.309 e. The molecule has 0 aliphatic carbocycles. The normalized spacial score (nSPS) is 7.35. The van der Waals surface area contributed by atoms with Gasteiger partial charge in [-0.3, -0.25) is 9.59 Å². The van der Waals surface area contributed by atoms with Crippen molar-refractivity contribution in [1.29, 1.82) is 0 Å². The molecule has 1 N–H and O–H groups in total. The van der Waals surface area contributed by atoms with E-state index >= 15 is 0 Å². The first-order valence-electron chi connectivity index (χ1n) is 5.82. The molecule has 20 heavy (non-hydrogen) atoms. The van der Waals surface area contributed by atoms with E-state index in [4.69, 9.17) is 10.6 Å².